The molecule has 0 bridgehead atoms. The molecule has 0 spiro atoms. The highest BCUT2D eigenvalue weighted by Crippen LogP contribution is 2.33. The largest absolute Gasteiger partial charge is 0.497 e. The van der Waals surface area contributed by atoms with Crippen molar-refractivity contribution >= 4 is 10.0 Å². The van der Waals surface area contributed by atoms with Crippen molar-refractivity contribution in [2.75, 3.05) is 27.3 Å². The molecule has 0 aromatic heterocycles. The van der Waals surface area contributed by atoms with Crippen molar-refractivity contribution in [3.8, 4) is 17.7 Å². The molecule has 3 rings (SSSR count). The first-order chi connectivity index (χ1) is 13.9. The van der Waals surface area contributed by atoms with Crippen molar-refractivity contribution in [3.05, 3.63) is 53.6 Å². The highest BCUT2D eigenvalue weighted by Gasteiger charge is 2.37. The SMILES string of the molecule is COc1ccc(OC)c(S(=O)(=O)N(Cc2ccc(C)cc2)C2CCN(C#N)C2)c1. The summed E-state index contributed by atoms with van der Waals surface area (Å²) in [4.78, 5) is 1.65. The van der Waals surface area contributed by atoms with Crippen molar-refractivity contribution in [3.63, 3.8) is 0 Å². The van der Waals surface area contributed by atoms with Gasteiger partial charge < -0.3 is 14.4 Å². The number of benzene rings is 2. The van der Waals surface area contributed by atoms with Crippen molar-refractivity contribution in [1.82, 2.24) is 9.21 Å². The zero-order valence-electron chi connectivity index (χ0n) is 16.8. The molecule has 0 radical (unpaired) electrons. The predicted octanol–water partition coefficient (Wildman–Crippen LogP) is 2.76. The van der Waals surface area contributed by atoms with E-state index in [1.807, 2.05) is 31.2 Å². The Morgan fingerprint density at radius 2 is 1.90 bits per heavy atom. The normalized spacial score (nSPS) is 16.7. The number of hydrogen-bond acceptors (Lipinski definition) is 6. The maximum absolute atomic E-state index is 13.7. The molecular formula is C21H25N3O4S. The highest BCUT2D eigenvalue weighted by atomic mass is 32.2. The van der Waals surface area contributed by atoms with E-state index in [4.69, 9.17) is 9.47 Å². The molecule has 1 aliphatic rings. The van der Waals surface area contributed by atoms with Crippen LogP contribution in [0.1, 0.15) is 17.5 Å². The van der Waals surface area contributed by atoms with Crippen LogP contribution >= 0.6 is 0 Å². The van der Waals surface area contributed by atoms with Crippen LogP contribution in [-0.4, -0.2) is 51.0 Å². The molecule has 7 nitrogen and oxygen atoms in total. The molecule has 0 aliphatic carbocycles. The molecule has 0 amide bonds. The van der Waals surface area contributed by atoms with Crippen molar-refractivity contribution in [1.29, 1.82) is 5.26 Å². The van der Waals surface area contributed by atoms with Crippen LogP contribution in [0.5, 0.6) is 11.5 Å². The van der Waals surface area contributed by atoms with Gasteiger partial charge in [0, 0.05) is 31.7 Å². The average Bonchev–Trinajstić information content (AvgIpc) is 3.21. The molecule has 1 atom stereocenters. The van der Waals surface area contributed by atoms with Gasteiger partial charge in [0.15, 0.2) is 6.19 Å². The third-order valence-corrected chi connectivity index (χ3v) is 7.05. The number of nitrogens with zero attached hydrogens (tertiary/aromatic N) is 3. The number of hydrogen-bond donors (Lipinski definition) is 0. The van der Waals surface area contributed by atoms with Gasteiger partial charge in [-0.25, -0.2) is 8.42 Å². The minimum atomic E-state index is -3.91. The molecular weight excluding hydrogens is 390 g/mol. The summed E-state index contributed by atoms with van der Waals surface area (Å²) in [5, 5.41) is 9.23. The van der Waals surface area contributed by atoms with E-state index in [2.05, 4.69) is 6.19 Å². The fraction of sp³-hybridized carbons (Fsp3) is 0.381. The van der Waals surface area contributed by atoms with E-state index in [-0.39, 0.29) is 23.2 Å². The molecule has 8 heteroatoms. The smallest absolute Gasteiger partial charge is 0.247 e. The van der Waals surface area contributed by atoms with E-state index in [1.54, 1.807) is 17.0 Å². The minimum Gasteiger partial charge on any atom is -0.497 e. The third-order valence-electron chi connectivity index (χ3n) is 5.13. The number of likely N-dealkylation sites (tertiary alicyclic amines) is 1. The van der Waals surface area contributed by atoms with Crippen LogP contribution in [0.25, 0.3) is 0 Å². The number of nitriles is 1. The van der Waals surface area contributed by atoms with Crippen molar-refractivity contribution in [2.45, 2.75) is 30.8 Å². The fourth-order valence-electron chi connectivity index (χ4n) is 3.46. The maximum Gasteiger partial charge on any atom is 0.247 e. The van der Waals surface area contributed by atoms with E-state index < -0.39 is 10.0 Å². The Bertz CT molecular complexity index is 1000. The van der Waals surface area contributed by atoms with Gasteiger partial charge in [0.2, 0.25) is 10.0 Å². The number of rotatable bonds is 7. The molecule has 1 aliphatic heterocycles. The van der Waals surface area contributed by atoms with Crippen LogP contribution in [0.15, 0.2) is 47.4 Å². The number of sulfonamides is 1. The van der Waals surface area contributed by atoms with E-state index in [0.717, 1.165) is 11.1 Å². The molecule has 1 saturated heterocycles. The first-order valence-corrected chi connectivity index (χ1v) is 10.8. The minimum absolute atomic E-state index is 0.0573. The van der Waals surface area contributed by atoms with Crippen molar-refractivity contribution < 1.29 is 17.9 Å². The topological polar surface area (TPSA) is 82.9 Å². The van der Waals surface area contributed by atoms with E-state index in [9.17, 15) is 13.7 Å². The second-order valence-electron chi connectivity index (χ2n) is 7.04. The summed E-state index contributed by atoms with van der Waals surface area (Å²) in [6, 6.07) is 12.2. The average molecular weight is 416 g/mol. The van der Waals surface area contributed by atoms with Crippen LogP contribution in [0.4, 0.5) is 0 Å². The lowest BCUT2D eigenvalue weighted by atomic mass is 10.1. The molecule has 2 aromatic rings. The van der Waals surface area contributed by atoms with E-state index in [1.165, 1.54) is 24.6 Å². The number of methoxy groups -OCH3 is 2. The summed E-state index contributed by atoms with van der Waals surface area (Å²) < 4.78 is 39.5. The van der Waals surface area contributed by atoms with Crippen LogP contribution in [0.3, 0.4) is 0 Å². The molecule has 1 fully saturated rings. The predicted molar refractivity (Wildman–Crippen MR) is 109 cm³/mol. The number of ether oxygens (including phenoxy) is 2. The Hall–Kier alpha value is -2.76. The van der Waals surface area contributed by atoms with Gasteiger partial charge in [-0.1, -0.05) is 29.8 Å². The zero-order chi connectivity index (χ0) is 21.0. The Morgan fingerprint density at radius 3 is 2.48 bits per heavy atom. The lowest BCUT2D eigenvalue weighted by molar-refractivity contribution is 0.311. The Kier molecular flexibility index (Phi) is 6.30. The van der Waals surface area contributed by atoms with Gasteiger partial charge >= 0.3 is 0 Å². The second kappa shape index (κ2) is 8.72. The van der Waals surface area contributed by atoms with Crippen molar-refractivity contribution in [2.24, 2.45) is 0 Å². The Labute approximate surface area is 172 Å². The molecule has 1 heterocycles. The van der Waals surface area contributed by atoms with Gasteiger partial charge in [0.1, 0.15) is 16.4 Å². The van der Waals surface area contributed by atoms with E-state index in [0.29, 0.717) is 25.3 Å². The van der Waals surface area contributed by atoms with Gasteiger partial charge in [0.25, 0.3) is 0 Å². The molecule has 154 valence electrons. The molecule has 0 N–H and O–H groups in total. The van der Waals surface area contributed by atoms with Crippen LogP contribution in [0.2, 0.25) is 0 Å². The maximum atomic E-state index is 13.7. The molecule has 0 saturated carbocycles. The summed E-state index contributed by atoms with van der Waals surface area (Å²) in [5.41, 5.74) is 1.99. The highest BCUT2D eigenvalue weighted by molar-refractivity contribution is 7.89. The van der Waals surface area contributed by atoms with Gasteiger partial charge in [-0.2, -0.15) is 9.57 Å². The van der Waals surface area contributed by atoms with Crippen LogP contribution in [-0.2, 0) is 16.6 Å². The van der Waals surface area contributed by atoms with E-state index >= 15 is 0 Å². The summed E-state index contributed by atoms with van der Waals surface area (Å²) in [7, 11) is -0.975. The number of aryl methyl sites for hydroxylation is 1. The summed E-state index contributed by atoms with van der Waals surface area (Å²) in [6.45, 7) is 3.11. The molecule has 1 unspecified atom stereocenters. The first kappa shape index (κ1) is 21.0. The molecule has 29 heavy (non-hydrogen) atoms. The first-order valence-electron chi connectivity index (χ1n) is 9.33. The Morgan fingerprint density at radius 1 is 1.17 bits per heavy atom. The third kappa shape index (κ3) is 4.47. The monoisotopic (exact) mass is 415 g/mol. The summed E-state index contributed by atoms with van der Waals surface area (Å²) >= 11 is 0. The summed E-state index contributed by atoms with van der Waals surface area (Å²) in [6.07, 6.45) is 2.71. The lowest BCUT2D eigenvalue weighted by Gasteiger charge is -2.28. The summed E-state index contributed by atoms with van der Waals surface area (Å²) in [5.74, 6) is 0.694. The van der Waals surface area contributed by atoms with Gasteiger partial charge in [-0.05, 0) is 31.0 Å². The van der Waals surface area contributed by atoms with Gasteiger partial charge in [-0.15, -0.1) is 0 Å². The zero-order valence-corrected chi connectivity index (χ0v) is 17.6. The van der Waals surface area contributed by atoms with Gasteiger partial charge in [0.05, 0.1) is 14.2 Å². The lowest BCUT2D eigenvalue weighted by Crippen LogP contribution is -2.41. The second-order valence-corrected chi connectivity index (χ2v) is 8.90. The van der Waals surface area contributed by atoms with Crippen LogP contribution < -0.4 is 9.47 Å². The standard InChI is InChI=1S/C21H25N3O4S/c1-16-4-6-17(7-5-16)13-24(18-10-11-23(14-18)15-22)29(25,26)21-12-19(27-2)8-9-20(21)28-3/h4-9,12,18H,10-11,13-14H2,1-3H3. The quantitative estimate of drug-likeness (QED) is 0.647. The van der Waals surface area contributed by atoms with Gasteiger partial charge in [-0.3, -0.25) is 0 Å². The molecule has 2 aromatic carbocycles. The fourth-order valence-corrected chi connectivity index (χ4v) is 5.27. The van der Waals surface area contributed by atoms with Crippen LogP contribution in [0, 0.1) is 18.4 Å². The Balaban J connectivity index is 2.04.